The Morgan fingerprint density at radius 3 is 0.881 bits per heavy atom. The Bertz CT molecular complexity index is 3020. The molecule has 3 heterocycles. The summed E-state index contributed by atoms with van der Waals surface area (Å²) >= 11 is 0. The number of aromatic nitrogens is 3. The van der Waals surface area contributed by atoms with Gasteiger partial charge < -0.3 is 28.4 Å². The quantitative estimate of drug-likeness (QED) is 0.0467. The van der Waals surface area contributed by atoms with Gasteiger partial charge in [0.1, 0.15) is 0 Å². The van der Waals surface area contributed by atoms with Crippen LogP contribution in [0.2, 0.25) is 0 Å². The van der Waals surface area contributed by atoms with Crippen LogP contribution in [0.1, 0.15) is 166 Å². The molecule has 0 amide bonds. The first kappa shape index (κ1) is 57.2. The first-order valence-electron chi connectivity index (χ1n) is 31.7. The van der Waals surface area contributed by atoms with E-state index in [1.165, 1.54) is 69.3 Å². The van der Waals surface area contributed by atoms with Crippen molar-refractivity contribution in [1.82, 2.24) is 15.0 Å². The van der Waals surface area contributed by atoms with Crippen molar-refractivity contribution in [2.24, 2.45) is 34.0 Å². The summed E-state index contributed by atoms with van der Waals surface area (Å²) in [6.07, 6.45) is 13.2. The SMILES string of the molecule is CC1(C)[C@@H]2C[C@H]1c1cnc(-c3ccccc3)cc1[C@H]2CCOCCOCc1cc(COCCOCC[C@@H]2c3cc(-c4ccccc4)ncc3[C@@H]3C[C@H]2C3(C)C)cc(COCCOCC[C@@H]2c3cc(-c4ccccc4)ncc3[C@@H]3C[C@H]2C3(C)C)c1. The Morgan fingerprint density at radius 1 is 0.333 bits per heavy atom. The third-order valence-corrected chi connectivity index (χ3v) is 21.7. The van der Waals surface area contributed by atoms with E-state index >= 15 is 0 Å². The van der Waals surface area contributed by atoms with E-state index in [-0.39, 0.29) is 16.2 Å². The fourth-order valence-electron chi connectivity index (χ4n) is 16.8. The van der Waals surface area contributed by atoms with Gasteiger partial charge in [0.05, 0.1) is 76.5 Å². The highest BCUT2D eigenvalue weighted by molar-refractivity contribution is 5.64. The van der Waals surface area contributed by atoms with Crippen molar-refractivity contribution in [3.8, 4) is 33.8 Å². The van der Waals surface area contributed by atoms with Gasteiger partial charge >= 0.3 is 0 Å². The molecule has 6 bridgehead atoms. The number of ether oxygens (including phenoxy) is 6. The first-order valence-corrected chi connectivity index (χ1v) is 31.7. The fourth-order valence-corrected chi connectivity index (χ4v) is 16.8. The van der Waals surface area contributed by atoms with E-state index in [2.05, 4.69) is 188 Å². The molecule has 3 fully saturated rings. The summed E-state index contributed by atoms with van der Waals surface area (Å²) in [5.41, 5.74) is 19.6. The molecule has 7 aromatic rings. The minimum atomic E-state index is 0.280. The summed E-state index contributed by atoms with van der Waals surface area (Å²) in [5.74, 6) is 5.11. The highest BCUT2D eigenvalue weighted by atomic mass is 16.5. The molecule has 0 unspecified atom stereocenters. The first-order chi connectivity index (χ1) is 40.9. The fraction of sp³-hybridized carbons (Fsp3) is 0.480. The number of rotatable bonds is 27. The van der Waals surface area contributed by atoms with Crippen LogP contribution in [0, 0.1) is 34.0 Å². The lowest BCUT2D eigenvalue weighted by atomic mass is 9.44. The number of pyridine rings is 3. The zero-order chi connectivity index (χ0) is 57.4. The molecule has 4 aromatic carbocycles. The second-order valence-corrected chi connectivity index (χ2v) is 27.2. The molecule has 0 N–H and O–H groups in total. The Labute approximate surface area is 499 Å². The van der Waals surface area contributed by atoms with E-state index in [0.29, 0.717) is 133 Å². The molecular weight excluding hydrogens is 1040 g/mol. The zero-order valence-electron chi connectivity index (χ0n) is 50.6. The summed E-state index contributed by atoms with van der Waals surface area (Å²) in [6.45, 7) is 21.5. The van der Waals surface area contributed by atoms with Crippen molar-refractivity contribution >= 4 is 0 Å². The molecule has 0 spiro atoms. The average molecular weight is 1130 g/mol. The summed E-state index contributed by atoms with van der Waals surface area (Å²) in [4.78, 5) is 14.9. The van der Waals surface area contributed by atoms with Gasteiger partial charge in [0.2, 0.25) is 0 Å². The number of nitrogens with zero attached hydrogens (tertiary/aromatic N) is 3. The molecule has 9 atom stereocenters. The van der Waals surface area contributed by atoms with Crippen LogP contribution in [0.25, 0.3) is 33.8 Å². The molecule has 9 nitrogen and oxygen atoms in total. The lowest BCUT2D eigenvalue weighted by Gasteiger charge is -2.60. The molecule has 438 valence electrons. The van der Waals surface area contributed by atoms with Crippen LogP contribution in [-0.2, 0) is 48.2 Å². The van der Waals surface area contributed by atoms with Crippen molar-refractivity contribution in [3.05, 3.63) is 196 Å². The van der Waals surface area contributed by atoms with Gasteiger partial charge in [-0.15, -0.1) is 0 Å². The smallest absolute Gasteiger partial charge is 0.0718 e. The number of benzene rings is 4. The van der Waals surface area contributed by atoms with Gasteiger partial charge in [-0.25, -0.2) is 0 Å². The topological polar surface area (TPSA) is 94.1 Å². The van der Waals surface area contributed by atoms with Gasteiger partial charge in [-0.3, -0.25) is 15.0 Å². The maximum absolute atomic E-state index is 6.34. The highest BCUT2D eigenvalue weighted by Crippen LogP contribution is 2.69. The van der Waals surface area contributed by atoms with Crippen molar-refractivity contribution in [1.29, 1.82) is 0 Å². The third kappa shape index (κ3) is 11.3. The lowest BCUT2D eigenvalue weighted by molar-refractivity contribution is -0.0198. The summed E-state index contributed by atoms with van der Waals surface area (Å²) in [7, 11) is 0. The van der Waals surface area contributed by atoms with Crippen molar-refractivity contribution in [3.63, 3.8) is 0 Å². The van der Waals surface area contributed by atoms with Gasteiger partial charge in [-0.2, -0.15) is 0 Å². The molecule has 0 aliphatic heterocycles. The molecule has 84 heavy (non-hydrogen) atoms. The predicted molar refractivity (Wildman–Crippen MR) is 333 cm³/mol. The Balaban J connectivity index is 0.597. The summed E-state index contributed by atoms with van der Waals surface area (Å²) in [6, 6.07) is 45.5. The lowest BCUT2D eigenvalue weighted by Crippen LogP contribution is -2.50. The normalized spacial score (nSPS) is 24.9. The van der Waals surface area contributed by atoms with Gasteiger partial charge in [0.25, 0.3) is 0 Å². The molecule has 16 rings (SSSR count). The van der Waals surface area contributed by atoms with Gasteiger partial charge in [0, 0.05) is 55.1 Å². The Morgan fingerprint density at radius 2 is 0.607 bits per heavy atom. The maximum atomic E-state index is 6.34. The van der Waals surface area contributed by atoms with Crippen molar-refractivity contribution < 1.29 is 28.4 Å². The Hall–Kier alpha value is -5.91. The van der Waals surface area contributed by atoms with Crippen LogP contribution < -0.4 is 0 Å². The summed E-state index contributed by atoms with van der Waals surface area (Å²) in [5, 5.41) is 0. The van der Waals surface area contributed by atoms with E-state index in [4.69, 9.17) is 43.4 Å². The van der Waals surface area contributed by atoms with Gasteiger partial charge in [-0.05, 0) is 176 Å². The van der Waals surface area contributed by atoms with Crippen LogP contribution in [0.4, 0.5) is 0 Å². The number of hydrogen-bond donors (Lipinski definition) is 0. The second-order valence-electron chi connectivity index (χ2n) is 27.2. The van der Waals surface area contributed by atoms with Crippen LogP contribution in [0.15, 0.2) is 146 Å². The predicted octanol–water partition coefficient (Wildman–Crippen LogP) is 16.4. The van der Waals surface area contributed by atoms with Gasteiger partial charge in [0.15, 0.2) is 0 Å². The van der Waals surface area contributed by atoms with Crippen LogP contribution >= 0.6 is 0 Å². The van der Waals surface area contributed by atoms with Crippen LogP contribution in [0.5, 0.6) is 0 Å². The maximum Gasteiger partial charge on any atom is 0.0718 e. The van der Waals surface area contributed by atoms with Crippen LogP contribution in [-0.4, -0.2) is 74.4 Å². The molecule has 9 aliphatic rings. The van der Waals surface area contributed by atoms with E-state index in [0.717, 1.165) is 53.0 Å². The zero-order valence-corrected chi connectivity index (χ0v) is 50.6. The largest absolute Gasteiger partial charge is 0.379 e. The third-order valence-electron chi connectivity index (χ3n) is 21.7. The van der Waals surface area contributed by atoms with Crippen LogP contribution in [0.3, 0.4) is 0 Å². The minimum Gasteiger partial charge on any atom is -0.379 e. The molecule has 9 heteroatoms. The van der Waals surface area contributed by atoms with Crippen molar-refractivity contribution in [2.45, 2.75) is 135 Å². The highest BCUT2D eigenvalue weighted by Gasteiger charge is 2.59. The monoisotopic (exact) mass is 1130 g/mol. The Kier molecular flexibility index (Phi) is 16.6. The standard InChI is InChI=1S/C75H87N3O6/c1-73(2)64-40-67(73)61-43-76-70(52-16-10-7-11-17-52)37-58(61)55(64)22-25-79-28-31-82-46-49-34-50(47-83-32-29-80-26-23-56-59-38-71(53-18-12-8-13-19-53)77-44-62(59)68-41-65(56)74(68,3)4)36-51(35-49)48-84-33-30-81-27-24-57-60-39-72(54-20-14-9-15-21-54)78-45-63(60)69-42-66(57)75(69,5)6/h7-21,34-39,43-45,55-57,64-69H,22-33,40-42,46-48H2,1-6H3/t55-,56-,57-,64-,65-,66-,67+,68+,69+/m1/s1. The molecule has 0 radical (unpaired) electrons. The van der Waals surface area contributed by atoms with E-state index in [1.807, 2.05) is 0 Å². The number of hydrogen-bond acceptors (Lipinski definition) is 9. The van der Waals surface area contributed by atoms with Gasteiger partial charge in [-0.1, -0.05) is 151 Å². The minimum absolute atomic E-state index is 0.280. The summed E-state index contributed by atoms with van der Waals surface area (Å²) < 4.78 is 38.0. The average Bonchev–Trinajstić information content (AvgIpc) is 0.841. The molecule has 3 saturated carbocycles. The van der Waals surface area contributed by atoms with E-state index in [9.17, 15) is 0 Å². The second kappa shape index (κ2) is 24.5. The van der Waals surface area contributed by atoms with E-state index in [1.54, 1.807) is 0 Å². The molecule has 0 saturated heterocycles. The molecule has 3 aromatic heterocycles. The molecule has 9 aliphatic carbocycles. The van der Waals surface area contributed by atoms with Crippen molar-refractivity contribution in [2.75, 3.05) is 59.5 Å². The van der Waals surface area contributed by atoms with E-state index < -0.39 is 0 Å². The molecular formula is C75H87N3O6.